The Morgan fingerprint density at radius 3 is 2.70 bits per heavy atom. The van der Waals surface area contributed by atoms with E-state index < -0.39 is 0 Å². The lowest BCUT2D eigenvalue weighted by atomic mass is 9.93. The maximum atomic E-state index is 15.0. The molecule has 0 aliphatic carbocycles. The highest BCUT2D eigenvalue weighted by Crippen LogP contribution is 2.29. The first-order valence-corrected chi connectivity index (χ1v) is 14.8. The number of benzene rings is 2. The molecule has 1 fully saturated rings. The molecule has 10 heteroatoms. The quantitative estimate of drug-likeness (QED) is 0.261. The number of pyridine rings is 1. The second-order valence-corrected chi connectivity index (χ2v) is 11.1. The summed E-state index contributed by atoms with van der Waals surface area (Å²) in [5, 5.41) is 11.6. The Labute approximate surface area is 251 Å². The predicted molar refractivity (Wildman–Crippen MR) is 164 cm³/mol. The zero-order valence-corrected chi connectivity index (χ0v) is 25.2. The van der Waals surface area contributed by atoms with Gasteiger partial charge < -0.3 is 10.1 Å². The van der Waals surface area contributed by atoms with Crippen LogP contribution in [0.4, 0.5) is 4.39 Å². The number of likely N-dealkylation sites (tertiary alicyclic amines) is 1. The van der Waals surface area contributed by atoms with Crippen molar-refractivity contribution in [2.24, 2.45) is 0 Å². The molecule has 2 aromatic heterocycles. The smallest absolute Gasteiger partial charge is 0.251 e. The van der Waals surface area contributed by atoms with Crippen molar-refractivity contribution in [2.45, 2.75) is 52.2 Å². The van der Waals surface area contributed by atoms with Crippen LogP contribution in [0.25, 0.3) is 22.2 Å². The van der Waals surface area contributed by atoms with Crippen LogP contribution in [-0.4, -0.2) is 82.0 Å². The van der Waals surface area contributed by atoms with Crippen LogP contribution in [0.5, 0.6) is 5.75 Å². The number of rotatable bonds is 11. The minimum atomic E-state index is -0.383. The Hall–Kier alpha value is -4.15. The Bertz CT molecular complexity index is 1600. The second kappa shape index (κ2) is 13.4. The number of fused-ring (bicyclic) bond motifs is 1. The molecule has 1 amide bonds. The van der Waals surface area contributed by atoms with Crippen molar-refractivity contribution in [1.82, 2.24) is 30.3 Å². The van der Waals surface area contributed by atoms with Crippen molar-refractivity contribution in [3.63, 3.8) is 0 Å². The van der Waals surface area contributed by atoms with E-state index in [9.17, 15) is 14.0 Å². The van der Waals surface area contributed by atoms with E-state index in [-0.39, 0.29) is 36.1 Å². The number of piperidine rings is 1. The zero-order valence-electron chi connectivity index (χ0n) is 25.2. The average molecular weight is 587 g/mol. The summed E-state index contributed by atoms with van der Waals surface area (Å²) >= 11 is 0. The first kappa shape index (κ1) is 30.3. The van der Waals surface area contributed by atoms with Gasteiger partial charge in [0.05, 0.1) is 25.2 Å². The summed E-state index contributed by atoms with van der Waals surface area (Å²) in [5.41, 5.74) is 4.31. The fourth-order valence-electron chi connectivity index (χ4n) is 5.90. The van der Waals surface area contributed by atoms with Crippen LogP contribution in [-0.2, 0) is 11.3 Å². The fourth-order valence-corrected chi connectivity index (χ4v) is 5.90. The van der Waals surface area contributed by atoms with Crippen LogP contribution in [0.2, 0.25) is 0 Å². The van der Waals surface area contributed by atoms with Gasteiger partial charge in [0, 0.05) is 53.1 Å². The highest BCUT2D eigenvalue weighted by atomic mass is 19.1. The molecule has 2 unspecified atom stereocenters. The number of amides is 1. The lowest BCUT2D eigenvalue weighted by Gasteiger charge is -2.40. The molecule has 2 aromatic carbocycles. The van der Waals surface area contributed by atoms with Crippen molar-refractivity contribution < 1.29 is 18.7 Å². The Morgan fingerprint density at radius 2 is 1.95 bits per heavy atom. The summed E-state index contributed by atoms with van der Waals surface area (Å²) in [7, 11) is 1.51. The number of H-pyrrole nitrogens is 1. The van der Waals surface area contributed by atoms with Crippen molar-refractivity contribution in [1.29, 1.82) is 0 Å². The molecule has 3 heterocycles. The molecule has 0 radical (unpaired) electrons. The van der Waals surface area contributed by atoms with Crippen molar-refractivity contribution >= 4 is 22.6 Å². The summed E-state index contributed by atoms with van der Waals surface area (Å²) in [6, 6.07) is 13.5. The molecular weight excluding hydrogens is 547 g/mol. The van der Waals surface area contributed by atoms with Crippen molar-refractivity contribution in [3.8, 4) is 17.0 Å². The topological polar surface area (TPSA) is 103 Å². The number of nitrogens with one attached hydrogen (secondary N) is 2. The van der Waals surface area contributed by atoms with Gasteiger partial charge in [-0.3, -0.25) is 29.5 Å². The molecular formula is C33H39FN6O3. The van der Waals surface area contributed by atoms with Gasteiger partial charge in [-0.05, 0) is 75.3 Å². The molecule has 0 bridgehead atoms. The van der Waals surface area contributed by atoms with Crippen molar-refractivity contribution in [3.05, 3.63) is 77.4 Å². The van der Waals surface area contributed by atoms with Gasteiger partial charge in [0.2, 0.25) is 0 Å². The monoisotopic (exact) mass is 586 g/mol. The Balaban J connectivity index is 1.36. The Kier molecular flexibility index (Phi) is 9.47. The minimum absolute atomic E-state index is 0.105. The number of aryl methyl sites for hydroxylation is 1. The van der Waals surface area contributed by atoms with E-state index in [1.807, 2.05) is 49.9 Å². The van der Waals surface area contributed by atoms with Crippen LogP contribution >= 0.6 is 0 Å². The summed E-state index contributed by atoms with van der Waals surface area (Å²) in [5.74, 6) is -0.0434. The number of aromatic nitrogens is 3. The number of carbonyl (C=O) groups excluding carboxylic acids is 2. The molecule has 226 valence electrons. The minimum Gasteiger partial charge on any atom is -0.496 e. The van der Waals surface area contributed by atoms with Crippen LogP contribution in [0.3, 0.4) is 0 Å². The summed E-state index contributed by atoms with van der Waals surface area (Å²) in [6.07, 6.45) is 2.95. The van der Waals surface area contributed by atoms with Crippen LogP contribution in [0.15, 0.2) is 54.7 Å². The van der Waals surface area contributed by atoms with Gasteiger partial charge >= 0.3 is 0 Å². The lowest BCUT2D eigenvalue weighted by Crippen LogP contribution is -2.55. The van der Waals surface area contributed by atoms with E-state index >= 15 is 0 Å². The number of hydrogen-bond donors (Lipinski definition) is 2. The van der Waals surface area contributed by atoms with E-state index in [2.05, 4.69) is 25.4 Å². The number of methoxy groups -OCH3 is 1. The lowest BCUT2D eigenvalue weighted by molar-refractivity contribution is -0.127. The van der Waals surface area contributed by atoms with Gasteiger partial charge in [-0.2, -0.15) is 5.10 Å². The summed E-state index contributed by atoms with van der Waals surface area (Å²) in [6.45, 7) is 8.50. The van der Waals surface area contributed by atoms with Crippen LogP contribution in [0.1, 0.15) is 48.3 Å². The summed E-state index contributed by atoms with van der Waals surface area (Å²) in [4.78, 5) is 35.3. The third kappa shape index (κ3) is 6.76. The molecule has 1 aliphatic heterocycles. The number of ether oxygens (including phenoxy) is 1. The highest BCUT2D eigenvalue weighted by molar-refractivity contribution is 6.01. The van der Waals surface area contributed by atoms with Crippen LogP contribution in [0, 0.1) is 12.7 Å². The SMILES string of the molecule is CCN(CC)CC(=O)C1CCC(NC(=O)c2ccc3[nH]nc(-c4ccnc(C)c4)c3c2)CN1Cc1c(F)cccc1OC. The number of nitrogens with zero attached hydrogens (tertiary/aromatic N) is 4. The molecule has 1 saturated heterocycles. The van der Waals surface area contributed by atoms with Gasteiger partial charge in [-0.15, -0.1) is 0 Å². The molecule has 0 saturated carbocycles. The number of ketones is 1. The molecule has 2 atom stereocenters. The van der Waals surface area contributed by atoms with Gasteiger partial charge in [0.25, 0.3) is 5.91 Å². The van der Waals surface area contributed by atoms with Gasteiger partial charge in [0.15, 0.2) is 5.78 Å². The van der Waals surface area contributed by atoms with E-state index in [1.165, 1.54) is 13.2 Å². The molecule has 0 spiro atoms. The average Bonchev–Trinajstić information content (AvgIpc) is 3.44. The Morgan fingerprint density at radius 1 is 1.14 bits per heavy atom. The normalized spacial score (nSPS) is 17.3. The number of hydrogen-bond acceptors (Lipinski definition) is 7. The maximum absolute atomic E-state index is 15.0. The number of halogens is 1. The molecule has 9 nitrogen and oxygen atoms in total. The van der Waals surface area contributed by atoms with Crippen molar-refractivity contribution in [2.75, 3.05) is 33.3 Å². The van der Waals surface area contributed by atoms with E-state index in [0.717, 1.165) is 40.9 Å². The molecule has 1 aliphatic rings. The third-order valence-corrected chi connectivity index (χ3v) is 8.32. The third-order valence-electron chi connectivity index (χ3n) is 8.32. The summed E-state index contributed by atoms with van der Waals surface area (Å²) < 4.78 is 20.4. The molecule has 5 rings (SSSR count). The van der Waals surface area contributed by atoms with Crippen LogP contribution < -0.4 is 10.1 Å². The largest absolute Gasteiger partial charge is 0.496 e. The maximum Gasteiger partial charge on any atom is 0.251 e. The molecule has 43 heavy (non-hydrogen) atoms. The number of aromatic amines is 1. The van der Waals surface area contributed by atoms with E-state index in [0.29, 0.717) is 42.8 Å². The first-order valence-electron chi connectivity index (χ1n) is 14.8. The number of Topliss-reactive ketones (excluding diaryl/α,β-unsaturated/α-hetero) is 1. The van der Waals surface area contributed by atoms with Gasteiger partial charge in [-0.25, -0.2) is 4.39 Å². The van der Waals surface area contributed by atoms with E-state index in [4.69, 9.17) is 4.74 Å². The zero-order chi connectivity index (χ0) is 30.5. The fraction of sp³-hybridized carbons (Fsp3) is 0.394. The van der Waals surface area contributed by atoms with Gasteiger partial charge in [-0.1, -0.05) is 19.9 Å². The first-order chi connectivity index (χ1) is 20.8. The highest BCUT2D eigenvalue weighted by Gasteiger charge is 2.35. The number of likely N-dealkylation sites (N-methyl/N-ethyl adjacent to an activating group) is 1. The van der Waals surface area contributed by atoms with E-state index in [1.54, 1.807) is 24.4 Å². The second-order valence-electron chi connectivity index (χ2n) is 11.1. The number of carbonyl (C=O) groups is 2. The predicted octanol–water partition coefficient (Wildman–Crippen LogP) is 4.75. The standard InChI is InChI=1S/C33H39FN6O3/c1-5-39(6-2)20-30(41)29-13-11-24(18-40(29)19-26-27(34)8-7-9-31(26)43-4)36-33(42)23-10-12-28-25(17-23)32(38-37-28)22-14-15-35-21(3)16-22/h7-10,12,14-17,24,29H,5-6,11,13,18-20H2,1-4H3,(H,36,42)(H,37,38). The molecule has 2 N–H and O–H groups in total. The van der Waals surface area contributed by atoms with Gasteiger partial charge in [0.1, 0.15) is 17.3 Å². The molecule has 4 aromatic rings.